The number of hydrogen-bond donors (Lipinski definition) is 1. The van der Waals surface area contributed by atoms with E-state index in [0.29, 0.717) is 132 Å². The molecule has 1 aliphatic carbocycles. The first-order valence-electron chi connectivity index (χ1n) is 19.1. The largest absolute Gasteiger partial charge is 0.449 e. The first-order chi connectivity index (χ1) is 25.8. The molecule has 0 bridgehead atoms. The first-order valence-corrected chi connectivity index (χ1v) is 19.1. The number of nitrogens with one attached hydrogen (secondary N) is 1. The van der Waals surface area contributed by atoms with Crippen LogP contribution in [0, 0.1) is 0 Å². The molecule has 0 unspecified atom stereocenters. The molecule has 12 heteroatoms. The van der Waals surface area contributed by atoms with Crippen molar-refractivity contribution in [3.8, 4) is 11.1 Å². The number of benzene rings is 2. The monoisotopic (exact) mass is 733 g/mol. The summed E-state index contributed by atoms with van der Waals surface area (Å²) >= 11 is 0. The van der Waals surface area contributed by atoms with E-state index in [4.69, 9.17) is 47.4 Å². The van der Waals surface area contributed by atoms with Crippen molar-refractivity contribution in [1.82, 2.24) is 5.32 Å². The molecule has 0 saturated heterocycles. The Balaban J connectivity index is 0.958. The van der Waals surface area contributed by atoms with Gasteiger partial charge in [-0.1, -0.05) is 74.7 Å². The predicted molar refractivity (Wildman–Crippen MR) is 199 cm³/mol. The van der Waals surface area contributed by atoms with Crippen LogP contribution in [0.25, 0.3) is 11.1 Å². The van der Waals surface area contributed by atoms with Crippen molar-refractivity contribution in [2.24, 2.45) is 0 Å². The smallest absolute Gasteiger partial charge is 0.407 e. The Bertz CT molecular complexity index is 1110. The van der Waals surface area contributed by atoms with Crippen LogP contribution in [-0.4, -0.2) is 138 Å². The van der Waals surface area contributed by atoms with Crippen molar-refractivity contribution in [2.45, 2.75) is 44.9 Å². The summed E-state index contributed by atoms with van der Waals surface area (Å²) in [5.41, 5.74) is 4.82. The number of rotatable bonds is 35. The summed E-state index contributed by atoms with van der Waals surface area (Å²) in [5.74, 6) is 0.0531. The Labute approximate surface area is 311 Å². The molecule has 294 valence electrons. The van der Waals surface area contributed by atoms with Gasteiger partial charge >= 0.3 is 6.09 Å². The second kappa shape index (κ2) is 30.8. The van der Waals surface area contributed by atoms with Crippen LogP contribution >= 0.6 is 0 Å². The van der Waals surface area contributed by atoms with E-state index in [-0.39, 0.29) is 5.92 Å². The van der Waals surface area contributed by atoms with Gasteiger partial charge in [0.2, 0.25) is 0 Å². The third-order valence-electron chi connectivity index (χ3n) is 8.20. The van der Waals surface area contributed by atoms with Gasteiger partial charge in [0.15, 0.2) is 0 Å². The van der Waals surface area contributed by atoms with Crippen molar-refractivity contribution in [1.29, 1.82) is 0 Å². The third-order valence-corrected chi connectivity index (χ3v) is 8.20. The molecule has 12 nitrogen and oxygen atoms in total. The lowest BCUT2D eigenvalue weighted by Gasteiger charge is -2.14. The standard InChI is InChI=1S/C40H63NO11/c1-2-3-4-9-16-43-18-20-45-22-24-47-26-28-49-30-32-51-33-31-50-29-27-48-25-23-46-21-19-44-17-10-15-41-40(42)52-34-39-37-13-7-5-11-35(37)36-12-6-8-14-38(36)39/h5-8,11-14,39H,2-4,9-10,15-34H2,1H3,(H,41,42). The van der Waals surface area contributed by atoms with Gasteiger partial charge in [-0.15, -0.1) is 0 Å². The van der Waals surface area contributed by atoms with Gasteiger partial charge in [-0.25, -0.2) is 4.79 Å². The van der Waals surface area contributed by atoms with Crippen LogP contribution in [0.5, 0.6) is 0 Å². The van der Waals surface area contributed by atoms with Gasteiger partial charge < -0.3 is 52.7 Å². The molecule has 0 saturated carbocycles. The number of alkyl carbamates (subject to hydrolysis) is 1. The fourth-order valence-corrected chi connectivity index (χ4v) is 5.51. The highest BCUT2D eigenvalue weighted by molar-refractivity contribution is 5.79. The SMILES string of the molecule is CCCCCCOCCOCCOCCOCCOCCOCCOCCOCCOCCCNC(=O)OCC1c2ccccc2-c2ccccc21. The summed E-state index contributed by atoms with van der Waals surface area (Å²) in [5, 5.41) is 2.81. The van der Waals surface area contributed by atoms with Crippen molar-refractivity contribution < 1.29 is 52.2 Å². The predicted octanol–water partition coefficient (Wildman–Crippen LogP) is 5.64. The third kappa shape index (κ3) is 20.0. The minimum absolute atomic E-state index is 0.0531. The van der Waals surface area contributed by atoms with Gasteiger partial charge in [-0.3, -0.25) is 0 Å². The molecule has 0 aliphatic heterocycles. The zero-order chi connectivity index (χ0) is 36.6. The summed E-state index contributed by atoms with van der Waals surface area (Å²) < 4.78 is 55.2. The second-order valence-electron chi connectivity index (χ2n) is 12.2. The Kier molecular flexibility index (Phi) is 25.9. The van der Waals surface area contributed by atoms with E-state index in [1.54, 1.807) is 0 Å². The molecule has 1 aliphatic rings. The molecule has 0 aromatic heterocycles. The minimum atomic E-state index is -0.411. The molecule has 0 radical (unpaired) electrons. The summed E-state index contributed by atoms with van der Waals surface area (Å²) in [7, 11) is 0. The maximum atomic E-state index is 12.3. The average Bonchev–Trinajstić information content (AvgIpc) is 3.49. The molecular formula is C40H63NO11. The normalized spacial score (nSPS) is 12.2. The Hall–Kier alpha value is -2.65. The fraction of sp³-hybridized carbons (Fsp3) is 0.675. The maximum absolute atomic E-state index is 12.3. The molecule has 0 spiro atoms. The fourth-order valence-electron chi connectivity index (χ4n) is 5.51. The van der Waals surface area contributed by atoms with E-state index in [2.05, 4.69) is 36.5 Å². The van der Waals surface area contributed by atoms with Crippen LogP contribution in [0.3, 0.4) is 0 Å². The van der Waals surface area contributed by atoms with Crippen LogP contribution in [0.4, 0.5) is 4.79 Å². The summed E-state index contributed by atoms with van der Waals surface area (Å²) in [4.78, 5) is 12.3. The van der Waals surface area contributed by atoms with Crippen LogP contribution in [0.15, 0.2) is 48.5 Å². The van der Waals surface area contributed by atoms with E-state index < -0.39 is 6.09 Å². The Morgan fingerprint density at radius 1 is 0.481 bits per heavy atom. The topological polar surface area (TPSA) is 121 Å². The van der Waals surface area contributed by atoms with Gasteiger partial charge in [0, 0.05) is 25.7 Å². The summed E-state index contributed by atoms with van der Waals surface area (Å²) in [6.07, 6.45) is 5.16. The van der Waals surface area contributed by atoms with Gasteiger partial charge in [-0.05, 0) is 35.1 Å². The number of ether oxygens (including phenoxy) is 10. The van der Waals surface area contributed by atoms with Gasteiger partial charge in [0.25, 0.3) is 0 Å². The summed E-state index contributed by atoms with van der Waals surface area (Å²) in [6.45, 7) is 12.8. The van der Waals surface area contributed by atoms with Crippen LogP contribution in [-0.2, 0) is 47.4 Å². The van der Waals surface area contributed by atoms with Crippen molar-refractivity contribution in [3.05, 3.63) is 59.7 Å². The van der Waals surface area contributed by atoms with Crippen LogP contribution < -0.4 is 5.32 Å². The zero-order valence-electron chi connectivity index (χ0n) is 31.4. The Morgan fingerprint density at radius 2 is 0.846 bits per heavy atom. The first kappa shape index (κ1) is 43.8. The average molecular weight is 734 g/mol. The quantitative estimate of drug-likeness (QED) is 0.0886. The zero-order valence-corrected chi connectivity index (χ0v) is 31.4. The highest BCUT2D eigenvalue weighted by Crippen LogP contribution is 2.44. The number of fused-ring (bicyclic) bond motifs is 3. The molecule has 1 N–H and O–H groups in total. The lowest BCUT2D eigenvalue weighted by molar-refractivity contribution is -0.0250. The number of unbranched alkanes of at least 4 members (excludes halogenated alkanes) is 3. The molecule has 1 amide bonds. The van der Waals surface area contributed by atoms with E-state index in [9.17, 15) is 4.79 Å². The van der Waals surface area contributed by atoms with Gasteiger partial charge in [-0.2, -0.15) is 0 Å². The molecule has 0 atom stereocenters. The number of carbonyl (C=O) groups is 1. The molecule has 52 heavy (non-hydrogen) atoms. The van der Waals surface area contributed by atoms with Gasteiger partial charge in [0.05, 0.1) is 106 Å². The number of hydrogen-bond acceptors (Lipinski definition) is 11. The number of carbonyl (C=O) groups excluding carboxylic acids is 1. The molecule has 2 aromatic rings. The molecule has 0 fully saturated rings. The van der Waals surface area contributed by atoms with E-state index >= 15 is 0 Å². The molecule has 2 aromatic carbocycles. The van der Waals surface area contributed by atoms with Crippen LogP contribution in [0.2, 0.25) is 0 Å². The molecule has 3 rings (SSSR count). The van der Waals surface area contributed by atoms with Crippen LogP contribution in [0.1, 0.15) is 56.1 Å². The lowest BCUT2D eigenvalue weighted by atomic mass is 9.98. The maximum Gasteiger partial charge on any atom is 0.407 e. The molecular weight excluding hydrogens is 670 g/mol. The second-order valence-corrected chi connectivity index (χ2v) is 12.2. The lowest BCUT2D eigenvalue weighted by Crippen LogP contribution is -2.27. The van der Waals surface area contributed by atoms with Crippen molar-refractivity contribution in [3.63, 3.8) is 0 Å². The number of amides is 1. The molecule has 0 heterocycles. The van der Waals surface area contributed by atoms with Crippen molar-refractivity contribution >= 4 is 6.09 Å². The van der Waals surface area contributed by atoms with Gasteiger partial charge in [0.1, 0.15) is 6.61 Å². The minimum Gasteiger partial charge on any atom is -0.449 e. The van der Waals surface area contributed by atoms with E-state index in [1.807, 2.05) is 24.3 Å². The highest BCUT2D eigenvalue weighted by Gasteiger charge is 2.28. The van der Waals surface area contributed by atoms with E-state index in [1.165, 1.54) is 41.5 Å². The van der Waals surface area contributed by atoms with Crippen molar-refractivity contribution in [2.75, 3.05) is 132 Å². The summed E-state index contributed by atoms with van der Waals surface area (Å²) in [6, 6.07) is 16.6. The van der Waals surface area contributed by atoms with E-state index in [0.717, 1.165) is 13.0 Å². The Morgan fingerprint density at radius 3 is 1.25 bits per heavy atom. The highest BCUT2D eigenvalue weighted by atomic mass is 16.6.